The molecule has 3 aliphatic rings. The molecule has 1 aromatic carbocycles. The lowest BCUT2D eigenvalue weighted by Crippen LogP contribution is -2.26. The molecule has 6 nitrogen and oxygen atoms in total. The van der Waals surface area contributed by atoms with E-state index in [1.54, 1.807) is 7.05 Å². The molecular weight excluding hydrogens is 392 g/mol. The molecule has 2 saturated carbocycles. The highest BCUT2D eigenvalue weighted by molar-refractivity contribution is 5.73. The van der Waals surface area contributed by atoms with Gasteiger partial charge in [0.2, 0.25) is 0 Å². The molecule has 0 bridgehead atoms. The van der Waals surface area contributed by atoms with E-state index in [2.05, 4.69) is 15.5 Å². The van der Waals surface area contributed by atoms with E-state index in [1.807, 2.05) is 0 Å². The first kappa shape index (κ1) is 20.9. The Hall–Kier alpha value is -2.32. The Morgan fingerprint density at radius 2 is 1.90 bits per heavy atom. The molecule has 0 amide bonds. The van der Waals surface area contributed by atoms with Crippen molar-refractivity contribution in [2.45, 2.75) is 69.7 Å². The maximum Gasteiger partial charge on any atom is 0.263 e. The lowest BCUT2D eigenvalue weighted by atomic mass is 9.93. The van der Waals surface area contributed by atoms with E-state index in [0.29, 0.717) is 30.1 Å². The number of hydrogen-bond acceptors (Lipinski definition) is 6. The van der Waals surface area contributed by atoms with Crippen LogP contribution in [0.15, 0.2) is 18.2 Å². The highest BCUT2D eigenvalue weighted by atomic mass is 19.3. The van der Waals surface area contributed by atoms with Gasteiger partial charge in [-0.15, -0.1) is 10.2 Å². The summed E-state index contributed by atoms with van der Waals surface area (Å²) in [5.74, 6) is 0.436. The average molecular weight is 419 g/mol. The van der Waals surface area contributed by atoms with Gasteiger partial charge in [-0.3, -0.25) is 0 Å². The van der Waals surface area contributed by atoms with E-state index in [1.165, 1.54) is 25.0 Å². The molecule has 2 heterocycles. The van der Waals surface area contributed by atoms with Gasteiger partial charge < -0.3 is 20.3 Å². The third-order valence-electron chi connectivity index (χ3n) is 6.11. The van der Waals surface area contributed by atoms with Gasteiger partial charge in [0.15, 0.2) is 5.82 Å². The molecule has 3 N–H and O–H groups in total. The normalized spacial score (nSPS) is 19.4. The topological polar surface area (TPSA) is 87.5 Å². The van der Waals surface area contributed by atoms with E-state index in [0.717, 1.165) is 42.9 Å². The van der Waals surface area contributed by atoms with Gasteiger partial charge in [0, 0.05) is 30.2 Å². The van der Waals surface area contributed by atoms with Crippen molar-refractivity contribution in [1.82, 2.24) is 10.2 Å². The number of phenols is 1. The van der Waals surface area contributed by atoms with Crippen LogP contribution < -0.4 is 5.32 Å². The molecule has 1 spiro atoms. The molecule has 2 fully saturated rings. The Balaban J connectivity index is 0.000000313. The van der Waals surface area contributed by atoms with Gasteiger partial charge in [-0.05, 0) is 43.4 Å². The van der Waals surface area contributed by atoms with E-state index in [-0.39, 0.29) is 23.0 Å². The molecule has 5 rings (SSSR count). The van der Waals surface area contributed by atoms with Crippen molar-refractivity contribution in [2.75, 3.05) is 12.4 Å². The molecule has 0 saturated heterocycles. The minimum absolute atomic E-state index is 0.0463. The SMILES string of the molecule is CNc1nnc(-c2ccc(C(F)F)cc2O)c2c1COC1(CC1)C2.OC1CCCC1. The summed E-state index contributed by atoms with van der Waals surface area (Å²) in [5, 5.41) is 30.4. The number of ether oxygens (including phenoxy) is 1. The van der Waals surface area contributed by atoms with Crippen LogP contribution in [0.25, 0.3) is 11.3 Å². The molecule has 30 heavy (non-hydrogen) atoms. The Morgan fingerprint density at radius 1 is 1.17 bits per heavy atom. The number of halogens is 2. The Kier molecular flexibility index (Phi) is 5.88. The van der Waals surface area contributed by atoms with Crippen molar-refractivity contribution in [1.29, 1.82) is 0 Å². The highest BCUT2D eigenvalue weighted by Crippen LogP contribution is 2.49. The predicted octanol–water partition coefficient (Wildman–Crippen LogP) is 4.36. The summed E-state index contributed by atoms with van der Waals surface area (Å²) in [4.78, 5) is 0. The van der Waals surface area contributed by atoms with Crippen molar-refractivity contribution in [3.63, 3.8) is 0 Å². The average Bonchev–Trinajstić information content (AvgIpc) is 3.30. The number of hydrogen-bond donors (Lipinski definition) is 3. The van der Waals surface area contributed by atoms with Gasteiger partial charge in [-0.25, -0.2) is 8.78 Å². The zero-order chi connectivity index (χ0) is 21.3. The van der Waals surface area contributed by atoms with Gasteiger partial charge in [-0.2, -0.15) is 0 Å². The number of aliphatic hydroxyl groups is 1. The minimum atomic E-state index is -2.63. The highest BCUT2D eigenvalue weighted by Gasteiger charge is 2.48. The van der Waals surface area contributed by atoms with Crippen molar-refractivity contribution in [3.05, 3.63) is 34.9 Å². The van der Waals surface area contributed by atoms with Crippen molar-refractivity contribution in [2.24, 2.45) is 0 Å². The fraction of sp³-hybridized carbons (Fsp3) is 0.545. The zero-order valence-corrected chi connectivity index (χ0v) is 17.0. The predicted molar refractivity (Wildman–Crippen MR) is 109 cm³/mol. The van der Waals surface area contributed by atoms with Crippen LogP contribution in [0.4, 0.5) is 14.6 Å². The third kappa shape index (κ3) is 4.25. The molecule has 2 aliphatic carbocycles. The number of alkyl halides is 2. The first-order valence-electron chi connectivity index (χ1n) is 10.4. The van der Waals surface area contributed by atoms with Crippen molar-refractivity contribution >= 4 is 5.82 Å². The number of aliphatic hydroxyl groups excluding tert-OH is 1. The lowest BCUT2D eigenvalue weighted by Gasteiger charge is -2.27. The standard InChI is InChI=1S/C17H17F2N3O2.C5H10O/c1-20-16-12-8-24-17(4-5-17)7-11(12)14(21-22-16)10-3-2-9(15(18)19)6-13(10)23;6-5-3-1-2-4-5/h2-3,6,15,23H,4-5,7-8H2,1H3,(H,20,22);5-6H,1-4H2. The molecule has 162 valence electrons. The van der Waals surface area contributed by atoms with Crippen LogP contribution >= 0.6 is 0 Å². The second-order valence-electron chi connectivity index (χ2n) is 8.27. The number of anilines is 1. The number of nitrogens with zero attached hydrogens (tertiary/aromatic N) is 2. The Morgan fingerprint density at radius 3 is 2.43 bits per heavy atom. The summed E-state index contributed by atoms with van der Waals surface area (Å²) in [6.07, 6.45) is 4.67. The number of rotatable bonds is 3. The summed E-state index contributed by atoms with van der Waals surface area (Å²) in [5.41, 5.74) is 2.50. The molecule has 0 unspecified atom stereocenters. The smallest absolute Gasteiger partial charge is 0.263 e. The molecule has 1 aromatic heterocycles. The summed E-state index contributed by atoms with van der Waals surface area (Å²) in [6, 6.07) is 3.88. The van der Waals surface area contributed by atoms with Crippen LogP contribution in [-0.4, -0.2) is 39.2 Å². The first-order valence-corrected chi connectivity index (χ1v) is 10.4. The molecule has 0 atom stereocenters. The summed E-state index contributed by atoms with van der Waals surface area (Å²) in [7, 11) is 1.76. The lowest BCUT2D eigenvalue weighted by molar-refractivity contribution is 0.00835. The van der Waals surface area contributed by atoms with Gasteiger partial charge >= 0.3 is 0 Å². The van der Waals surface area contributed by atoms with Crippen LogP contribution in [0.5, 0.6) is 5.75 Å². The maximum atomic E-state index is 12.8. The molecule has 2 aromatic rings. The molecule has 0 radical (unpaired) electrons. The second-order valence-corrected chi connectivity index (χ2v) is 8.27. The summed E-state index contributed by atoms with van der Waals surface area (Å²) in [6.45, 7) is 0.434. The summed E-state index contributed by atoms with van der Waals surface area (Å²) < 4.78 is 31.5. The largest absolute Gasteiger partial charge is 0.507 e. The monoisotopic (exact) mass is 419 g/mol. The molecule has 8 heteroatoms. The van der Waals surface area contributed by atoms with Crippen LogP contribution in [0.1, 0.15) is 61.6 Å². The van der Waals surface area contributed by atoms with Crippen molar-refractivity contribution < 1.29 is 23.7 Å². The Labute approximate surface area is 174 Å². The van der Waals surface area contributed by atoms with E-state index >= 15 is 0 Å². The number of fused-ring (bicyclic) bond motifs is 1. The van der Waals surface area contributed by atoms with E-state index in [9.17, 15) is 13.9 Å². The maximum absolute atomic E-state index is 12.8. The van der Waals surface area contributed by atoms with E-state index in [4.69, 9.17) is 9.84 Å². The van der Waals surface area contributed by atoms with Crippen LogP contribution in [0, 0.1) is 0 Å². The van der Waals surface area contributed by atoms with E-state index < -0.39 is 6.43 Å². The summed E-state index contributed by atoms with van der Waals surface area (Å²) >= 11 is 0. The van der Waals surface area contributed by atoms with Crippen molar-refractivity contribution in [3.8, 4) is 17.0 Å². The van der Waals surface area contributed by atoms with Crippen LogP contribution in [-0.2, 0) is 17.8 Å². The number of benzene rings is 1. The number of aromatic hydroxyl groups is 1. The van der Waals surface area contributed by atoms with Crippen LogP contribution in [0.3, 0.4) is 0 Å². The number of aromatic nitrogens is 2. The zero-order valence-electron chi connectivity index (χ0n) is 17.0. The van der Waals surface area contributed by atoms with Gasteiger partial charge in [0.05, 0.1) is 18.3 Å². The minimum Gasteiger partial charge on any atom is -0.507 e. The molecule has 1 aliphatic heterocycles. The fourth-order valence-corrected chi connectivity index (χ4v) is 4.12. The number of nitrogens with one attached hydrogen (secondary N) is 1. The third-order valence-corrected chi connectivity index (χ3v) is 6.11. The molecular formula is C22H27F2N3O3. The Bertz CT molecular complexity index is 913. The first-order chi connectivity index (χ1) is 14.4. The number of phenolic OH excluding ortho intramolecular Hbond substituents is 1. The van der Waals surface area contributed by atoms with Gasteiger partial charge in [-0.1, -0.05) is 18.9 Å². The second kappa shape index (κ2) is 8.43. The quantitative estimate of drug-likeness (QED) is 0.685. The fourth-order valence-electron chi connectivity index (χ4n) is 4.12. The van der Waals surface area contributed by atoms with Crippen LogP contribution in [0.2, 0.25) is 0 Å². The van der Waals surface area contributed by atoms with Gasteiger partial charge in [0.25, 0.3) is 6.43 Å². The van der Waals surface area contributed by atoms with Gasteiger partial charge in [0.1, 0.15) is 11.4 Å².